The number of carbonyl (C=O) groups excluding carboxylic acids is 1. The van der Waals surface area contributed by atoms with Crippen molar-refractivity contribution < 1.29 is 4.79 Å². The van der Waals surface area contributed by atoms with Crippen LogP contribution >= 0.6 is 0 Å². The molecule has 0 aromatic heterocycles. The van der Waals surface area contributed by atoms with Crippen molar-refractivity contribution in [2.24, 2.45) is 0 Å². The maximum absolute atomic E-state index is 11.2. The van der Waals surface area contributed by atoms with E-state index in [4.69, 9.17) is 6.42 Å². The Morgan fingerprint density at radius 1 is 1.43 bits per heavy atom. The van der Waals surface area contributed by atoms with Crippen LogP contribution in [0.25, 0.3) is 0 Å². The van der Waals surface area contributed by atoms with E-state index >= 15 is 0 Å². The van der Waals surface area contributed by atoms with Crippen molar-refractivity contribution in [3.8, 4) is 12.3 Å². The van der Waals surface area contributed by atoms with Gasteiger partial charge in [-0.25, -0.2) is 0 Å². The lowest BCUT2D eigenvalue weighted by Gasteiger charge is -2.00. The molecule has 2 nitrogen and oxygen atoms in total. The van der Waals surface area contributed by atoms with Crippen LogP contribution in [0.3, 0.4) is 0 Å². The summed E-state index contributed by atoms with van der Waals surface area (Å²) in [6, 6.07) is 0. The first kappa shape index (κ1) is 12.9. The van der Waals surface area contributed by atoms with Gasteiger partial charge in [0.05, 0.1) is 13.1 Å². The van der Waals surface area contributed by atoms with Crippen LogP contribution in [0.4, 0.5) is 0 Å². The molecule has 0 fully saturated rings. The van der Waals surface area contributed by atoms with E-state index in [-0.39, 0.29) is 5.78 Å². The summed E-state index contributed by atoms with van der Waals surface area (Å²) in [5, 5.41) is 2.89. The lowest BCUT2D eigenvalue weighted by molar-refractivity contribution is -0.118. The van der Waals surface area contributed by atoms with Crippen LogP contribution in [0.1, 0.15) is 32.1 Å². The second-order valence-electron chi connectivity index (χ2n) is 3.23. The molecule has 0 rings (SSSR count). The highest BCUT2D eigenvalue weighted by Crippen LogP contribution is 2.03. The van der Waals surface area contributed by atoms with E-state index in [1.807, 2.05) is 6.08 Å². The third kappa shape index (κ3) is 9.02. The Balaban J connectivity index is 3.19. The molecule has 0 amide bonds. The average molecular weight is 193 g/mol. The van der Waals surface area contributed by atoms with Gasteiger partial charge in [0.25, 0.3) is 0 Å². The van der Waals surface area contributed by atoms with Gasteiger partial charge in [0.1, 0.15) is 5.78 Å². The quantitative estimate of drug-likeness (QED) is 0.344. The Morgan fingerprint density at radius 2 is 2.21 bits per heavy atom. The van der Waals surface area contributed by atoms with Gasteiger partial charge in [-0.3, -0.25) is 10.1 Å². The summed E-state index contributed by atoms with van der Waals surface area (Å²) in [7, 11) is 0. The zero-order valence-electron chi connectivity index (χ0n) is 8.72. The van der Waals surface area contributed by atoms with Gasteiger partial charge < -0.3 is 0 Å². The summed E-state index contributed by atoms with van der Waals surface area (Å²) < 4.78 is 0. The van der Waals surface area contributed by atoms with Crippen molar-refractivity contribution in [1.82, 2.24) is 5.32 Å². The number of terminal acetylenes is 1. The van der Waals surface area contributed by atoms with Crippen LogP contribution < -0.4 is 5.32 Å². The molecule has 0 atom stereocenters. The molecule has 2 heteroatoms. The van der Waals surface area contributed by atoms with E-state index in [9.17, 15) is 4.79 Å². The van der Waals surface area contributed by atoms with E-state index in [1.54, 1.807) is 0 Å². The molecular formula is C12H19NO. The molecule has 0 bridgehead atoms. The zero-order valence-corrected chi connectivity index (χ0v) is 8.72. The van der Waals surface area contributed by atoms with Crippen molar-refractivity contribution in [2.45, 2.75) is 32.1 Å². The smallest absolute Gasteiger partial charge is 0.146 e. The van der Waals surface area contributed by atoms with Crippen molar-refractivity contribution in [2.75, 3.05) is 13.1 Å². The van der Waals surface area contributed by atoms with E-state index in [2.05, 4.69) is 17.8 Å². The molecule has 0 aromatic rings. The van der Waals surface area contributed by atoms with Crippen LogP contribution in [-0.2, 0) is 4.79 Å². The van der Waals surface area contributed by atoms with Gasteiger partial charge in [0.2, 0.25) is 0 Å². The number of hydrogen-bond donors (Lipinski definition) is 1. The fourth-order valence-electron chi connectivity index (χ4n) is 1.15. The van der Waals surface area contributed by atoms with Crippen molar-refractivity contribution in [3.05, 3.63) is 12.7 Å². The monoisotopic (exact) mass is 193 g/mol. The lowest BCUT2D eigenvalue weighted by atomic mass is 10.1. The molecule has 0 heterocycles. The molecule has 0 aliphatic rings. The van der Waals surface area contributed by atoms with Gasteiger partial charge >= 0.3 is 0 Å². The van der Waals surface area contributed by atoms with Crippen LogP contribution in [0.2, 0.25) is 0 Å². The maximum atomic E-state index is 11.2. The van der Waals surface area contributed by atoms with E-state index < -0.39 is 0 Å². The Kier molecular flexibility index (Phi) is 9.25. The van der Waals surface area contributed by atoms with Gasteiger partial charge in [-0.2, -0.15) is 0 Å². The van der Waals surface area contributed by atoms with Crippen LogP contribution in [0.5, 0.6) is 0 Å². The predicted octanol–water partition coefficient (Wildman–Crippen LogP) is 1.91. The third-order valence-corrected chi connectivity index (χ3v) is 1.91. The Bertz CT molecular complexity index is 203. The zero-order chi connectivity index (χ0) is 10.6. The average Bonchev–Trinajstić information content (AvgIpc) is 2.18. The van der Waals surface area contributed by atoms with Crippen molar-refractivity contribution in [3.63, 3.8) is 0 Å². The van der Waals surface area contributed by atoms with E-state index in [0.29, 0.717) is 19.5 Å². The number of hydrogen-bond acceptors (Lipinski definition) is 2. The normalized spacial score (nSPS) is 9.36. The number of nitrogens with one attached hydrogen (secondary N) is 1. The van der Waals surface area contributed by atoms with Gasteiger partial charge in [0.15, 0.2) is 0 Å². The first-order valence-electron chi connectivity index (χ1n) is 5.08. The maximum Gasteiger partial charge on any atom is 0.146 e. The Hall–Kier alpha value is -1.07. The number of Topliss-reactive ketones (excluding diaryl/α,β-unsaturated/α-hetero) is 1. The van der Waals surface area contributed by atoms with Gasteiger partial charge in [-0.05, 0) is 19.3 Å². The first-order valence-corrected chi connectivity index (χ1v) is 5.08. The number of rotatable bonds is 9. The number of unbranched alkanes of at least 4 members (excludes halogenated alkanes) is 3. The molecule has 0 aliphatic heterocycles. The summed E-state index contributed by atoms with van der Waals surface area (Å²) in [5.41, 5.74) is 0. The summed E-state index contributed by atoms with van der Waals surface area (Å²) in [6.07, 6.45) is 11.9. The largest absolute Gasteiger partial charge is 0.299 e. The minimum Gasteiger partial charge on any atom is -0.299 e. The SMILES string of the molecule is C#CCNCC(=O)CCCCCC=C. The summed E-state index contributed by atoms with van der Waals surface area (Å²) >= 11 is 0. The molecule has 78 valence electrons. The number of ketones is 1. The second kappa shape index (κ2) is 10.0. The lowest BCUT2D eigenvalue weighted by Crippen LogP contribution is -2.22. The molecule has 0 saturated carbocycles. The third-order valence-electron chi connectivity index (χ3n) is 1.91. The minimum atomic E-state index is 0.249. The van der Waals surface area contributed by atoms with Gasteiger partial charge in [-0.1, -0.05) is 18.4 Å². The summed E-state index contributed by atoms with van der Waals surface area (Å²) in [4.78, 5) is 11.2. The van der Waals surface area contributed by atoms with E-state index in [1.165, 1.54) is 0 Å². The summed E-state index contributed by atoms with van der Waals surface area (Å²) in [6.45, 7) is 4.53. The van der Waals surface area contributed by atoms with Crippen molar-refractivity contribution >= 4 is 5.78 Å². The molecule has 0 spiro atoms. The molecule has 0 aliphatic carbocycles. The second-order valence-corrected chi connectivity index (χ2v) is 3.23. The van der Waals surface area contributed by atoms with E-state index in [0.717, 1.165) is 25.7 Å². The fraction of sp³-hybridized carbons (Fsp3) is 0.583. The minimum absolute atomic E-state index is 0.249. The first-order chi connectivity index (χ1) is 6.81. The summed E-state index contributed by atoms with van der Waals surface area (Å²) in [5.74, 6) is 2.68. The predicted molar refractivity (Wildman–Crippen MR) is 60.0 cm³/mol. The van der Waals surface area contributed by atoms with Crippen LogP contribution in [-0.4, -0.2) is 18.9 Å². The highest BCUT2D eigenvalue weighted by molar-refractivity contribution is 5.80. The van der Waals surface area contributed by atoms with Crippen molar-refractivity contribution in [1.29, 1.82) is 0 Å². The van der Waals surface area contributed by atoms with Gasteiger partial charge in [0, 0.05) is 6.42 Å². The molecule has 0 aromatic carbocycles. The van der Waals surface area contributed by atoms with Gasteiger partial charge in [-0.15, -0.1) is 13.0 Å². The standard InChI is InChI=1S/C12H19NO/c1-3-5-6-7-8-9-12(14)11-13-10-4-2/h2-3,13H,1,5-11H2. The van der Waals surface area contributed by atoms with Crippen LogP contribution in [0, 0.1) is 12.3 Å². The molecule has 0 radical (unpaired) electrons. The topological polar surface area (TPSA) is 29.1 Å². The Labute approximate surface area is 86.8 Å². The molecular weight excluding hydrogens is 174 g/mol. The molecule has 14 heavy (non-hydrogen) atoms. The Morgan fingerprint density at radius 3 is 2.86 bits per heavy atom. The molecule has 1 N–H and O–H groups in total. The number of carbonyl (C=O) groups is 1. The fourth-order valence-corrected chi connectivity index (χ4v) is 1.15. The highest BCUT2D eigenvalue weighted by atomic mass is 16.1. The molecule has 0 saturated heterocycles. The number of allylic oxidation sites excluding steroid dienone is 1. The highest BCUT2D eigenvalue weighted by Gasteiger charge is 1.99. The van der Waals surface area contributed by atoms with Crippen LogP contribution in [0.15, 0.2) is 12.7 Å². The molecule has 0 unspecified atom stereocenters.